The van der Waals surface area contributed by atoms with Crippen LogP contribution in [-0.4, -0.2) is 25.4 Å². The molecule has 0 radical (unpaired) electrons. The SMILES string of the molecule is COc1cc2cc3n(c2cc1OC)CCOC3. The molecule has 4 heteroatoms. The maximum atomic E-state index is 5.46. The van der Waals surface area contributed by atoms with Crippen LogP contribution in [0.4, 0.5) is 0 Å². The third-order valence-electron chi connectivity index (χ3n) is 3.20. The van der Waals surface area contributed by atoms with Crippen molar-refractivity contribution in [1.29, 1.82) is 0 Å². The van der Waals surface area contributed by atoms with E-state index in [4.69, 9.17) is 14.2 Å². The van der Waals surface area contributed by atoms with Gasteiger partial charge < -0.3 is 18.8 Å². The van der Waals surface area contributed by atoms with Gasteiger partial charge in [-0.1, -0.05) is 0 Å². The predicted molar refractivity (Wildman–Crippen MR) is 64.7 cm³/mol. The summed E-state index contributed by atoms with van der Waals surface area (Å²) in [7, 11) is 3.32. The molecule has 0 atom stereocenters. The highest BCUT2D eigenvalue weighted by Gasteiger charge is 2.15. The topological polar surface area (TPSA) is 32.6 Å². The van der Waals surface area contributed by atoms with Gasteiger partial charge in [-0.2, -0.15) is 0 Å². The van der Waals surface area contributed by atoms with Crippen LogP contribution in [0.15, 0.2) is 18.2 Å². The number of methoxy groups -OCH3 is 2. The smallest absolute Gasteiger partial charge is 0.162 e. The van der Waals surface area contributed by atoms with Gasteiger partial charge in [0, 0.05) is 23.7 Å². The lowest BCUT2D eigenvalue weighted by molar-refractivity contribution is 0.0865. The Morgan fingerprint density at radius 3 is 2.65 bits per heavy atom. The largest absolute Gasteiger partial charge is 0.493 e. The Morgan fingerprint density at radius 1 is 1.12 bits per heavy atom. The Labute approximate surface area is 99.7 Å². The average Bonchev–Trinajstić information content (AvgIpc) is 2.74. The molecule has 17 heavy (non-hydrogen) atoms. The fourth-order valence-electron chi connectivity index (χ4n) is 2.36. The van der Waals surface area contributed by atoms with Gasteiger partial charge in [-0.25, -0.2) is 0 Å². The van der Waals surface area contributed by atoms with Gasteiger partial charge in [0.1, 0.15) is 0 Å². The van der Waals surface area contributed by atoms with Gasteiger partial charge in [-0.15, -0.1) is 0 Å². The van der Waals surface area contributed by atoms with Crippen molar-refractivity contribution in [3.05, 3.63) is 23.9 Å². The molecule has 0 spiro atoms. The zero-order valence-corrected chi connectivity index (χ0v) is 10.0. The lowest BCUT2D eigenvalue weighted by Crippen LogP contribution is -2.15. The summed E-state index contributed by atoms with van der Waals surface area (Å²) in [5.74, 6) is 1.54. The summed E-state index contributed by atoms with van der Waals surface area (Å²) in [6, 6.07) is 6.19. The van der Waals surface area contributed by atoms with Crippen molar-refractivity contribution >= 4 is 10.9 Å². The summed E-state index contributed by atoms with van der Waals surface area (Å²) >= 11 is 0. The molecule has 2 aromatic rings. The monoisotopic (exact) mass is 233 g/mol. The Bertz CT molecular complexity index is 559. The first-order valence-electron chi connectivity index (χ1n) is 5.65. The summed E-state index contributed by atoms with van der Waals surface area (Å²) in [6.45, 7) is 2.35. The van der Waals surface area contributed by atoms with Gasteiger partial charge in [0.2, 0.25) is 0 Å². The van der Waals surface area contributed by atoms with Gasteiger partial charge in [0.25, 0.3) is 0 Å². The second kappa shape index (κ2) is 3.96. The molecule has 0 saturated carbocycles. The first-order valence-corrected chi connectivity index (χ1v) is 5.65. The molecule has 0 N–H and O–H groups in total. The summed E-state index contributed by atoms with van der Waals surface area (Å²) in [6.07, 6.45) is 0. The number of fused-ring (bicyclic) bond motifs is 3. The fourth-order valence-corrected chi connectivity index (χ4v) is 2.36. The molecule has 0 amide bonds. The van der Waals surface area contributed by atoms with E-state index in [1.165, 1.54) is 16.6 Å². The lowest BCUT2D eigenvalue weighted by atomic mass is 10.2. The van der Waals surface area contributed by atoms with E-state index in [0.717, 1.165) is 24.7 Å². The number of nitrogens with zero attached hydrogens (tertiary/aromatic N) is 1. The quantitative estimate of drug-likeness (QED) is 0.797. The van der Waals surface area contributed by atoms with Crippen LogP contribution >= 0.6 is 0 Å². The van der Waals surface area contributed by atoms with Crippen LogP contribution in [0.5, 0.6) is 11.5 Å². The molecule has 1 aromatic carbocycles. The van der Waals surface area contributed by atoms with Crippen molar-refractivity contribution in [2.45, 2.75) is 13.2 Å². The minimum Gasteiger partial charge on any atom is -0.493 e. The van der Waals surface area contributed by atoms with Crippen molar-refractivity contribution in [2.75, 3.05) is 20.8 Å². The molecule has 0 aliphatic carbocycles. The highest BCUT2D eigenvalue weighted by molar-refractivity contribution is 5.85. The van der Waals surface area contributed by atoms with Crippen molar-refractivity contribution in [1.82, 2.24) is 4.57 Å². The van der Waals surface area contributed by atoms with Crippen LogP contribution in [0.25, 0.3) is 10.9 Å². The average molecular weight is 233 g/mol. The van der Waals surface area contributed by atoms with E-state index in [2.05, 4.69) is 10.6 Å². The molecule has 3 rings (SSSR count). The Kier molecular flexibility index (Phi) is 2.44. The number of hydrogen-bond acceptors (Lipinski definition) is 3. The molecule has 4 nitrogen and oxygen atoms in total. The van der Waals surface area contributed by atoms with Gasteiger partial charge in [0.05, 0.1) is 33.0 Å². The van der Waals surface area contributed by atoms with Gasteiger partial charge >= 0.3 is 0 Å². The summed E-state index contributed by atoms with van der Waals surface area (Å²) in [4.78, 5) is 0. The summed E-state index contributed by atoms with van der Waals surface area (Å²) < 4.78 is 18.4. The minimum atomic E-state index is 0.680. The maximum Gasteiger partial charge on any atom is 0.162 e. The van der Waals surface area contributed by atoms with Crippen molar-refractivity contribution in [3.8, 4) is 11.5 Å². The molecule has 0 unspecified atom stereocenters. The first-order chi connectivity index (χ1) is 8.33. The number of aromatic nitrogens is 1. The van der Waals surface area contributed by atoms with E-state index in [1.54, 1.807) is 14.2 Å². The minimum absolute atomic E-state index is 0.680. The molecule has 0 bridgehead atoms. The fraction of sp³-hybridized carbons (Fsp3) is 0.385. The van der Waals surface area contributed by atoms with Crippen LogP contribution in [0.3, 0.4) is 0 Å². The van der Waals surface area contributed by atoms with Crippen molar-refractivity contribution < 1.29 is 14.2 Å². The van der Waals surface area contributed by atoms with E-state index in [1.807, 2.05) is 12.1 Å². The molecule has 1 aliphatic rings. The Hall–Kier alpha value is -1.68. The van der Waals surface area contributed by atoms with Gasteiger partial charge in [0.15, 0.2) is 11.5 Å². The van der Waals surface area contributed by atoms with Crippen molar-refractivity contribution in [2.24, 2.45) is 0 Å². The number of benzene rings is 1. The van der Waals surface area contributed by atoms with E-state index < -0.39 is 0 Å². The number of hydrogen-bond donors (Lipinski definition) is 0. The second-order valence-corrected chi connectivity index (χ2v) is 4.11. The van der Waals surface area contributed by atoms with E-state index in [9.17, 15) is 0 Å². The first kappa shape index (κ1) is 10.5. The molecule has 1 aromatic heterocycles. The molecule has 1 aliphatic heterocycles. The highest BCUT2D eigenvalue weighted by Crippen LogP contribution is 2.34. The number of rotatable bonds is 2. The highest BCUT2D eigenvalue weighted by atomic mass is 16.5. The molecule has 2 heterocycles. The third kappa shape index (κ3) is 1.56. The van der Waals surface area contributed by atoms with Crippen LogP contribution in [-0.2, 0) is 17.9 Å². The Balaban J connectivity index is 2.24. The third-order valence-corrected chi connectivity index (χ3v) is 3.20. The van der Waals surface area contributed by atoms with Crippen LogP contribution in [0.1, 0.15) is 5.69 Å². The van der Waals surface area contributed by atoms with E-state index >= 15 is 0 Å². The zero-order valence-electron chi connectivity index (χ0n) is 10.0. The van der Waals surface area contributed by atoms with E-state index in [-0.39, 0.29) is 0 Å². The maximum absolute atomic E-state index is 5.46. The lowest BCUT2D eigenvalue weighted by Gasteiger charge is -2.16. The number of ether oxygens (including phenoxy) is 3. The molecule has 0 fully saturated rings. The van der Waals surface area contributed by atoms with E-state index in [0.29, 0.717) is 6.61 Å². The molecular weight excluding hydrogens is 218 g/mol. The zero-order chi connectivity index (χ0) is 11.8. The van der Waals surface area contributed by atoms with Crippen LogP contribution < -0.4 is 9.47 Å². The van der Waals surface area contributed by atoms with Crippen molar-refractivity contribution in [3.63, 3.8) is 0 Å². The molecule has 0 saturated heterocycles. The second-order valence-electron chi connectivity index (χ2n) is 4.11. The summed E-state index contributed by atoms with van der Waals surface area (Å²) in [5.41, 5.74) is 2.39. The Morgan fingerprint density at radius 2 is 1.88 bits per heavy atom. The van der Waals surface area contributed by atoms with Crippen LogP contribution in [0.2, 0.25) is 0 Å². The predicted octanol–water partition coefficient (Wildman–Crippen LogP) is 2.19. The van der Waals surface area contributed by atoms with Crippen LogP contribution in [0, 0.1) is 0 Å². The molecular formula is C13H15NO3. The summed E-state index contributed by atoms with van der Waals surface area (Å²) in [5, 5.41) is 1.17. The van der Waals surface area contributed by atoms with Gasteiger partial charge in [-0.05, 0) is 12.1 Å². The normalized spacial score (nSPS) is 14.7. The van der Waals surface area contributed by atoms with Gasteiger partial charge in [-0.3, -0.25) is 0 Å². The molecule has 90 valence electrons. The standard InChI is InChI=1S/C13H15NO3/c1-15-12-6-9-5-10-8-17-4-3-14(10)11(9)7-13(12)16-2/h5-7H,3-4,8H2,1-2H3.